The van der Waals surface area contributed by atoms with E-state index in [1.165, 1.54) is 26.1 Å². The first-order chi connectivity index (χ1) is 9.74. The van der Waals surface area contributed by atoms with Crippen molar-refractivity contribution in [3.8, 4) is 11.3 Å². The Kier molecular flexibility index (Phi) is 3.80. The second-order valence-corrected chi connectivity index (χ2v) is 4.27. The first kappa shape index (κ1) is 15.1. The average molecular weight is 303 g/mol. The zero-order valence-electron chi connectivity index (χ0n) is 11.0. The van der Waals surface area contributed by atoms with Gasteiger partial charge < -0.3 is 5.32 Å². The molecular formula is C13H10F5N3. The molecule has 112 valence electrons. The van der Waals surface area contributed by atoms with Gasteiger partial charge in [-0.2, -0.15) is 13.2 Å². The molecule has 1 N–H and O–H groups in total. The van der Waals surface area contributed by atoms with Crippen LogP contribution in [-0.2, 0) is 6.18 Å². The number of halogens is 5. The van der Waals surface area contributed by atoms with E-state index in [-0.39, 0.29) is 22.6 Å². The van der Waals surface area contributed by atoms with Crippen LogP contribution in [0, 0.1) is 18.6 Å². The zero-order chi connectivity index (χ0) is 15.8. The Balaban J connectivity index is 2.67. The van der Waals surface area contributed by atoms with E-state index in [1.807, 2.05) is 0 Å². The molecule has 8 heteroatoms. The highest BCUT2D eigenvalue weighted by atomic mass is 19.4. The molecule has 0 aliphatic heterocycles. The number of nitrogens with zero attached hydrogens (tertiary/aromatic N) is 2. The van der Waals surface area contributed by atoms with E-state index in [0.717, 1.165) is 6.07 Å². The van der Waals surface area contributed by atoms with Gasteiger partial charge in [0.15, 0.2) is 11.6 Å². The molecule has 0 unspecified atom stereocenters. The van der Waals surface area contributed by atoms with Gasteiger partial charge in [-0.1, -0.05) is 6.07 Å². The normalized spacial score (nSPS) is 11.6. The third kappa shape index (κ3) is 2.93. The number of nitrogens with one attached hydrogen (secondary N) is 1. The maximum absolute atomic E-state index is 13.9. The van der Waals surface area contributed by atoms with Gasteiger partial charge in [0.05, 0.1) is 5.69 Å². The summed E-state index contributed by atoms with van der Waals surface area (Å²) >= 11 is 0. The monoisotopic (exact) mass is 303 g/mol. The molecule has 0 bridgehead atoms. The van der Waals surface area contributed by atoms with Crippen LogP contribution in [0.2, 0.25) is 0 Å². The lowest BCUT2D eigenvalue weighted by Crippen LogP contribution is -2.13. The summed E-state index contributed by atoms with van der Waals surface area (Å²) in [6, 6.07) is 3.56. The molecule has 0 amide bonds. The van der Waals surface area contributed by atoms with Crippen molar-refractivity contribution in [2.75, 3.05) is 12.4 Å². The summed E-state index contributed by atoms with van der Waals surface area (Å²) < 4.78 is 65.6. The van der Waals surface area contributed by atoms with Crippen LogP contribution in [0.4, 0.5) is 27.8 Å². The summed E-state index contributed by atoms with van der Waals surface area (Å²) in [4.78, 5) is 6.53. The molecule has 1 aromatic carbocycles. The zero-order valence-corrected chi connectivity index (χ0v) is 11.0. The summed E-state index contributed by atoms with van der Waals surface area (Å²) in [5.74, 6) is -3.94. The Morgan fingerprint density at radius 3 is 2.29 bits per heavy atom. The highest BCUT2D eigenvalue weighted by molar-refractivity contribution is 5.64. The van der Waals surface area contributed by atoms with E-state index in [4.69, 9.17) is 0 Å². The number of alkyl halides is 3. The Hall–Kier alpha value is -2.25. The smallest absolute Gasteiger partial charge is 0.373 e. The maximum Gasteiger partial charge on any atom is 0.451 e. The van der Waals surface area contributed by atoms with Gasteiger partial charge >= 0.3 is 6.18 Å². The molecule has 0 fully saturated rings. The number of anilines is 1. The summed E-state index contributed by atoms with van der Waals surface area (Å²) in [5.41, 5.74) is -0.657. The van der Waals surface area contributed by atoms with Crippen LogP contribution in [-0.4, -0.2) is 17.0 Å². The van der Waals surface area contributed by atoms with Gasteiger partial charge in [-0.25, -0.2) is 18.7 Å². The topological polar surface area (TPSA) is 37.8 Å². The van der Waals surface area contributed by atoms with Crippen LogP contribution < -0.4 is 5.32 Å². The summed E-state index contributed by atoms with van der Waals surface area (Å²) in [7, 11) is 1.36. The molecule has 0 atom stereocenters. The minimum absolute atomic E-state index is 0.0511. The van der Waals surface area contributed by atoms with Gasteiger partial charge in [0.25, 0.3) is 0 Å². The van der Waals surface area contributed by atoms with Gasteiger partial charge in [0.1, 0.15) is 5.82 Å². The lowest BCUT2D eigenvalue weighted by Gasteiger charge is -2.11. The van der Waals surface area contributed by atoms with Crippen LogP contribution in [0.5, 0.6) is 0 Å². The summed E-state index contributed by atoms with van der Waals surface area (Å²) in [5, 5.41) is 2.43. The van der Waals surface area contributed by atoms with Crippen molar-refractivity contribution < 1.29 is 22.0 Å². The molecular weight excluding hydrogens is 293 g/mol. The van der Waals surface area contributed by atoms with Crippen molar-refractivity contribution in [2.45, 2.75) is 13.1 Å². The van der Waals surface area contributed by atoms with Crippen molar-refractivity contribution >= 4 is 5.82 Å². The van der Waals surface area contributed by atoms with E-state index >= 15 is 0 Å². The SMILES string of the molecule is CNc1cc(-c2ccc(C)c(F)c2F)nc(C(F)(F)F)n1. The molecule has 0 aliphatic carbocycles. The molecule has 21 heavy (non-hydrogen) atoms. The summed E-state index contributed by atoms with van der Waals surface area (Å²) in [6.07, 6.45) is -4.79. The number of hydrogen-bond acceptors (Lipinski definition) is 3. The fourth-order valence-electron chi connectivity index (χ4n) is 1.68. The third-order valence-electron chi connectivity index (χ3n) is 2.79. The van der Waals surface area contributed by atoms with Gasteiger partial charge in [0.2, 0.25) is 5.82 Å². The van der Waals surface area contributed by atoms with Gasteiger partial charge in [-0.3, -0.25) is 0 Å². The number of rotatable bonds is 2. The standard InChI is InChI=1S/C13H10F5N3/c1-6-3-4-7(11(15)10(6)14)8-5-9(19-2)21-12(20-8)13(16,17)18/h3-5H,1-2H3,(H,19,20,21). The van der Waals surface area contributed by atoms with Crippen LogP contribution in [0.1, 0.15) is 11.4 Å². The van der Waals surface area contributed by atoms with E-state index in [0.29, 0.717) is 0 Å². The Bertz CT molecular complexity index is 682. The molecule has 0 spiro atoms. The molecule has 0 radical (unpaired) electrons. The van der Waals surface area contributed by atoms with E-state index in [1.54, 1.807) is 0 Å². The third-order valence-corrected chi connectivity index (χ3v) is 2.79. The first-order valence-electron chi connectivity index (χ1n) is 5.83. The highest BCUT2D eigenvalue weighted by Gasteiger charge is 2.35. The second kappa shape index (κ2) is 5.27. The first-order valence-corrected chi connectivity index (χ1v) is 5.83. The molecule has 0 saturated carbocycles. The molecule has 1 aromatic heterocycles. The van der Waals surface area contributed by atoms with E-state index in [9.17, 15) is 22.0 Å². The predicted octanol–water partition coefficient (Wildman–Crippen LogP) is 3.79. The van der Waals surface area contributed by atoms with Crippen molar-refractivity contribution in [1.82, 2.24) is 9.97 Å². The number of aromatic nitrogens is 2. The molecule has 0 saturated heterocycles. The summed E-state index contributed by atoms with van der Waals surface area (Å²) in [6.45, 7) is 1.35. The Morgan fingerprint density at radius 2 is 1.71 bits per heavy atom. The lowest BCUT2D eigenvalue weighted by molar-refractivity contribution is -0.144. The Morgan fingerprint density at radius 1 is 1.05 bits per heavy atom. The van der Waals surface area contributed by atoms with Crippen LogP contribution in [0.25, 0.3) is 11.3 Å². The van der Waals surface area contributed by atoms with Crippen LogP contribution in [0.3, 0.4) is 0 Å². The fourth-order valence-corrected chi connectivity index (χ4v) is 1.68. The number of aryl methyl sites for hydroxylation is 1. The van der Waals surface area contributed by atoms with E-state index < -0.39 is 23.6 Å². The van der Waals surface area contributed by atoms with Gasteiger partial charge in [-0.05, 0) is 18.6 Å². The highest BCUT2D eigenvalue weighted by Crippen LogP contribution is 2.31. The van der Waals surface area contributed by atoms with Crippen molar-refractivity contribution in [2.24, 2.45) is 0 Å². The minimum Gasteiger partial charge on any atom is -0.373 e. The molecule has 2 rings (SSSR count). The van der Waals surface area contributed by atoms with Crippen molar-refractivity contribution in [3.63, 3.8) is 0 Å². The van der Waals surface area contributed by atoms with E-state index in [2.05, 4.69) is 15.3 Å². The van der Waals surface area contributed by atoms with Crippen molar-refractivity contribution in [3.05, 3.63) is 41.2 Å². The quantitative estimate of drug-likeness (QED) is 0.858. The van der Waals surface area contributed by atoms with Crippen molar-refractivity contribution in [1.29, 1.82) is 0 Å². The van der Waals surface area contributed by atoms with Crippen LogP contribution >= 0.6 is 0 Å². The van der Waals surface area contributed by atoms with Gasteiger partial charge in [0, 0.05) is 18.7 Å². The largest absolute Gasteiger partial charge is 0.451 e. The number of hydrogen-bond donors (Lipinski definition) is 1. The second-order valence-electron chi connectivity index (χ2n) is 4.27. The molecule has 3 nitrogen and oxygen atoms in total. The van der Waals surface area contributed by atoms with Crippen LogP contribution in [0.15, 0.2) is 18.2 Å². The Labute approximate surface area is 116 Å². The fraction of sp³-hybridized carbons (Fsp3) is 0.231. The minimum atomic E-state index is -4.79. The average Bonchev–Trinajstić information content (AvgIpc) is 2.43. The predicted molar refractivity (Wildman–Crippen MR) is 66.7 cm³/mol. The molecule has 2 aromatic rings. The van der Waals surface area contributed by atoms with Gasteiger partial charge in [-0.15, -0.1) is 0 Å². The molecule has 0 aliphatic rings. The number of benzene rings is 1. The maximum atomic E-state index is 13.9. The lowest BCUT2D eigenvalue weighted by atomic mass is 10.1. The molecule has 1 heterocycles.